The molecule has 1 N–H and O–H groups in total. The molecule has 1 unspecified atom stereocenters. The summed E-state index contributed by atoms with van der Waals surface area (Å²) >= 11 is 0. The molecule has 0 aromatic carbocycles. The van der Waals surface area contributed by atoms with E-state index in [1.807, 2.05) is 6.07 Å². The number of amides is 1. The number of carbonyl (C=O) groups is 1. The highest BCUT2D eigenvalue weighted by atomic mass is 16.5. The summed E-state index contributed by atoms with van der Waals surface area (Å²) in [7, 11) is 1.55. The van der Waals surface area contributed by atoms with Gasteiger partial charge in [-0.2, -0.15) is 0 Å². The van der Waals surface area contributed by atoms with Gasteiger partial charge in [0.05, 0.1) is 18.8 Å². The number of nitrogens with zero attached hydrogens (tertiary/aromatic N) is 2. The molecule has 0 saturated carbocycles. The molecule has 1 aliphatic heterocycles. The van der Waals surface area contributed by atoms with Crippen molar-refractivity contribution in [2.24, 2.45) is 0 Å². The van der Waals surface area contributed by atoms with E-state index < -0.39 is 0 Å². The van der Waals surface area contributed by atoms with Crippen LogP contribution >= 0.6 is 0 Å². The summed E-state index contributed by atoms with van der Waals surface area (Å²) in [6.07, 6.45) is 5.37. The van der Waals surface area contributed by atoms with E-state index in [1.54, 1.807) is 31.5 Å². The van der Waals surface area contributed by atoms with Crippen molar-refractivity contribution in [3.8, 4) is 11.8 Å². The van der Waals surface area contributed by atoms with Crippen LogP contribution in [0.25, 0.3) is 0 Å². The van der Waals surface area contributed by atoms with Gasteiger partial charge in [0, 0.05) is 37.2 Å². The van der Waals surface area contributed by atoms with Gasteiger partial charge in [-0.25, -0.2) is 9.97 Å². The van der Waals surface area contributed by atoms with Crippen LogP contribution in [0.5, 0.6) is 11.8 Å². The maximum atomic E-state index is 12.2. The minimum atomic E-state index is -0.218. The number of aromatic nitrogens is 2. The first-order valence-electron chi connectivity index (χ1n) is 8.23. The zero-order valence-corrected chi connectivity index (χ0v) is 14.1. The Bertz CT molecular complexity index is 700. The van der Waals surface area contributed by atoms with E-state index in [4.69, 9.17) is 14.2 Å². The molecule has 0 spiro atoms. The Balaban J connectivity index is 1.51. The number of hydrogen-bond acceptors (Lipinski definition) is 6. The van der Waals surface area contributed by atoms with Gasteiger partial charge >= 0.3 is 0 Å². The Hall–Kier alpha value is -2.67. The van der Waals surface area contributed by atoms with Crippen LogP contribution in [0, 0.1) is 0 Å². The normalized spacial score (nSPS) is 16.4. The number of nitrogens with one attached hydrogen (secondary N) is 1. The number of hydrogen-bond donors (Lipinski definition) is 1. The maximum absolute atomic E-state index is 12.2. The average molecular weight is 343 g/mol. The molecular weight excluding hydrogens is 322 g/mol. The lowest BCUT2D eigenvalue weighted by molar-refractivity contribution is 0.0663. The van der Waals surface area contributed by atoms with Gasteiger partial charge in [-0.05, 0) is 25.0 Å². The van der Waals surface area contributed by atoms with Crippen molar-refractivity contribution in [3.05, 3.63) is 47.8 Å². The van der Waals surface area contributed by atoms with E-state index in [0.29, 0.717) is 30.5 Å². The second-order valence-corrected chi connectivity index (χ2v) is 5.69. The Labute approximate surface area is 146 Å². The van der Waals surface area contributed by atoms with Gasteiger partial charge in [-0.1, -0.05) is 6.07 Å². The Morgan fingerprint density at radius 1 is 1.36 bits per heavy atom. The summed E-state index contributed by atoms with van der Waals surface area (Å²) in [5.41, 5.74) is 1.27. The summed E-state index contributed by atoms with van der Waals surface area (Å²) in [5, 5.41) is 2.83. The van der Waals surface area contributed by atoms with Gasteiger partial charge in [0.15, 0.2) is 0 Å². The number of rotatable bonds is 7. The van der Waals surface area contributed by atoms with Gasteiger partial charge in [0.25, 0.3) is 5.91 Å². The first-order chi connectivity index (χ1) is 12.3. The molecular formula is C18H21N3O4. The number of methoxy groups -OCH3 is 1. The molecule has 7 nitrogen and oxygen atoms in total. The third kappa shape index (κ3) is 4.67. The molecule has 1 amide bonds. The standard InChI is InChI=1S/C18H21N3O4/c1-23-18-14(4-2-8-19-18)11-21-17(22)13-6-7-16(20-10-13)25-12-15-5-3-9-24-15/h2,4,6-8,10,15H,3,5,9,11-12H2,1H3,(H,21,22). The number of pyridine rings is 2. The molecule has 1 saturated heterocycles. The maximum Gasteiger partial charge on any atom is 0.253 e. The molecule has 25 heavy (non-hydrogen) atoms. The van der Waals surface area contributed by atoms with E-state index in [9.17, 15) is 4.79 Å². The van der Waals surface area contributed by atoms with E-state index in [0.717, 1.165) is 25.0 Å². The second kappa shape index (κ2) is 8.43. The minimum Gasteiger partial charge on any atom is -0.481 e. The van der Waals surface area contributed by atoms with Crippen molar-refractivity contribution in [1.29, 1.82) is 0 Å². The van der Waals surface area contributed by atoms with E-state index in [-0.39, 0.29) is 12.0 Å². The summed E-state index contributed by atoms with van der Waals surface area (Å²) in [5.74, 6) is 0.767. The third-order valence-electron chi connectivity index (χ3n) is 3.92. The van der Waals surface area contributed by atoms with Crippen LogP contribution < -0.4 is 14.8 Å². The summed E-state index contributed by atoms with van der Waals surface area (Å²) < 4.78 is 16.3. The van der Waals surface area contributed by atoms with Crippen molar-refractivity contribution >= 4 is 5.91 Å². The molecule has 1 aliphatic rings. The quantitative estimate of drug-likeness (QED) is 0.828. The van der Waals surface area contributed by atoms with Crippen LogP contribution in [0.2, 0.25) is 0 Å². The van der Waals surface area contributed by atoms with Crippen molar-refractivity contribution in [1.82, 2.24) is 15.3 Å². The van der Waals surface area contributed by atoms with Gasteiger partial charge in [-0.15, -0.1) is 0 Å². The van der Waals surface area contributed by atoms with Crippen LogP contribution in [0.15, 0.2) is 36.7 Å². The molecule has 0 radical (unpaired) electrons. The van der Waals surface area contributed by atoms with E-state index in [1.165, 1.54) is 6.20 Å². The fourth-order valence-corrected chi connectivity index (χ4v) is 2.57. The highest BCUT2D eigenvalue weighted by Crippen LogP contribution is 2.15. The minimum absolute atomic E-state index is 0.138. The Kier molecular flexibility index (Phi) is 5.79. The van der Waals surface area contributed by atoms with E-state index in [2.05, 4.69) is 15.3 Å². The lowest BCUT2D eigenvalue weighted by Gasteiger charge is -2.11. The highest BCUT2D eigenvalue weighted by Gasteiger charge is 2.16. The average Bonchev–Trinajstić information content (AvgIpc) is 3.18. The molecule has 7 heteroatoms. The monoisotopic (exact) mass is 343 g/mol. The molecule has 2 aromatic rings. The van der Waals surface area contributed by atoms with Crippen LogP contribution in [0.3, 0.4) is 0 Å². The van der Waals surface area contributed by atoms with Gasteiger partial charge < -0.3 is 19.5 Å². The van der Waals surface area contributed by atoms with Crippen molar-refractivity contribution in [3.63, 3.8) is 0 Å². The molecule has 132 valence electrons. The van der Waals surface area contributed by atoms with Crippen molar-refractivity contribution in [2.45, 2.75) is 25.5 Å². The smallest absolute Gasteiger partial charge is 0.253 e. The second-order valence-electron chi connectivity index (χ2n) is 5.69. The van der Waals surface area contributed by atoms with Crippen molar-refractivity contribution in [2.75, 3.05) is 20.3 Å². The van der Waals surface area contributed by atoms with Crippen LogP contribution in [-0.4, -0.2) is 42.3 Å². The first-order valence-corrected chi connectivity index (χ1v) is 8.23. The number of carbonyl (C=O) groups excluding carboxylic acids is 1. The Morgan fingerprint density at radius 2 is 2.28 bits per heavy atom. The molecule has 3 rings (SSSR count). The SMILES string of the molecule is COc1ncccc1CNC(=O)c1ccc(OCC2CCCO2)nc1. The summed E-state index contributed by atoms with van der Waals surface area (Å²) in [6.45, 7) is 1.61. The third-order valence-corrected chi connectivity index (χ3v) is 3.92. The molecule has 1 atom stereocenters. The van der Waals surface area contributed by atoms with Crippen LogP contribution in [-0.2, 0) is 11.3 Å². The van der Waals surface area contributed by atoms with Gasteiger partial charge in [0.1, 0.15) is 6.61 Å². The van der Waals surface area contributed by atoms with Gasteiger partial charge in [-0.3, -0.25) is 4.79 Å². The molecule has 2 aromatic heterocycles. The first kappa shape index (κ1) is 17.2. The molecule has 0 aliphatic carbocycles. The lowest BCUT2D eigenvalue weighted by Crippen LogP contribution is -2.23. The number of ether oxygens (including phenoxy) is 3. The van der Waals surface area contributed by atoms with E-state index >= 15 is 0 Å². The van der Waals surface area contributed by atoms with Gasteiger partial charge in [0.2, 0.25) is 11.8 Å². The lowest BCUT2D eigenvalue weighted by atomic mass is 10.2. The zero-order chi connectivity index (χ0) is 17.5. The zero-order valence-electron chi connectivity index (χ0n) is 14.1. The summed E-state index contributed by atoms with van der Waals surface area (Å²) in [6, 6.07) is 7.03. The summed E-state index contributed by atoms with van der Waals surface area (Å²) in [4.78, 5) is 20.5. The molecule has 3 heterocycles. The predicted molar refractivity (Wildman–Crippen MR) is 90.7 cm³/mol. The van der Waals surface area contributed by atoms with Crippen molar-refractivity contribution < 1.29 is 19.0 Å². The largest absolute Gasteiger partial charge is 0.481 e. The fraction of sp³-hybridized carbons (Fsp3) is 0.389. The Morgan fingerprint density at radius 3 is 3.00 bits per heavy atom. The molecule has 0 bridgehead atoms. The molecule has 1 fully saturated rings. The fourth-order valence-electron chi connectivity index (χ4n) is 2.57. The predicted octanol–water partition coefficient (Wildman–Crippen LogP) is 1.97. The van der Waals surface area contributed by atoms with Crippen LogP contribution in [0.1, 0.15) is 28.8 Å². The highest BCUT2D eigenvalue weighted by molar-refractivity contribution is 5.93. The topological polar surface area (TPSA) is 82.6 Å². The van der Waals surface area contributed by atoms with Crippen LogP contribution in [0.4, 0.5) is 0 Å².